The molecule has 0 saturated heterocycles. The number of hydrogen-bond acceptors (Lipinski definition) is 5. The van der Waals surface area contributed by atoms with Gasteiger partial charge in [-0.3, -0.25) is 4.79 Å². The van der Waals surface area contributed by atoms with Gasteiger partial charge in [0.1, 0.15) is 11.3 Å². The van der Waals surface area contributed by atoms with Crippen molar-refractivity contribution in [1.29, 1.82) is 0 Å². The first-order chi connectivity index (χ1) is 12.5. The Morgan fingerprint density at radius 3 is 2.85 bits per heavy atom. The second-order valence-electron chi connectivity index (χ2n) is 6.83. The zero-order valence-electron chi connectivity index (χ0n) is 14.7. The van der Waals surface area contributed by atoms with E-state index in [1.807, 2.05) is 35.7 Å². The van der Waals surface area contributed by atoms with Crippen molar-refractivity contribution in [3.8, 4) is 11.5 Å². The second kappa shape index (κ2) is 6.53. The molecular formula is C18H22N6O2. The molecule has 2 atom stereocenters. The SMILES string of the molecule is Cc1c(-c2nc(CC(N)=O)nn2[C@@H]2CCCC[C@H]2O)nc2ccccn12. The zero-order chi connectivity index (χ0) is 18.3. The minimum absolute atomic E-state index is 0.0325. The summed E-state index contributed by atoms with van der Waals surface area (Å²) < 4.78 is 3.73. The van der Waals surface area contributed by atoms with Crippen LogP contribution in [0.5, 0.6) is 0 Å². The van der Waals surface area contributed by atoms with Crippen LogP contribution in [-0.2, 0) is 11.2 Å². The maximum Gasteiger partial charge on any atom is 0.225 e. The molecule has 1 amide bonds. The lowest BCUT2D eigenvalue weighted by Gasteiger charge is -2.28. The molecule has 0 aliphatic heterocycles. The van der Waals surface area contributed by atoms with Gasteiger partial charge in [0.2, 0.25) is 5.91 Å². The van der Waals surface area contributed by atoms with Crippen molar-refractivity contribution in [2.24, 2.45) is 5.73 Å². The van der Waals surface area contributed by atoms with Crippen LogP contribution >= 0.6 is 0 Å². The van der Waals surface area contributed by atoms with Crippen molar-refractivity contribution < 1.29 is 9.90 Å². The summed E-state index contributed by atoms with van der Waals surface area (Å²) in [5, 5.41) is 15.0. The molecule has 3 heterocycles. The van der Waals surface area contributed by atoms with Crippen LogP contribution in [0.2, 0.25) is 0 Å². The highest BCUT2D eigenvalue weighted by Crippen LogP contribution is 2.32. The zero-order valence-corrected chi connectivity index (χ0v) is 14.7. The number of nitrogens with two attached hydrogens (primary N) is 1. The maximum absolute atomic E-state index is 11.3. The van der Waals surface area contributed by atoms with Crippen LogP contribution < -0.4 is 5.73 Å². The van der Waals surface area contributed by atoms with Gasteiger partial charge in [0.05, 0.1) is 24.3 Å². The van der Waals surface area contributed by atoms with Crippen LogP contribution in [0.1, 0.15) is 43.2 Å². The number of fused-ring (bicyclic) bond motifs is 1. The van der Waals surface area contributed by atoms with Crippen molar-refractivity contribution in [3.63, 3.8) is 0 Å². The Bertz CT molecular complexity index is 960. The summed E-state index contributed by atoms with van der Waals surface area (Å²) in [6.07, 6.45) is 5.01. The third-order valence-electron chi connectivity index (χ3n) is 5.00. The summed E-state index contributed by atoms with van der Waals surface area (Å²) in [6, 6.07) is 5.63. The third-order valence-corrected chi connectivity index (χ3v) is 5.00. The molecule has 1 saturated carbocycles. The van der Waals surface area contributed by atoms with Gasteiger partial charge in [0.25, 0.3) is 0 Å². The van der Waals surface area contributed by atoms with E-state index in [0.717, 1.165) is 37.0 Å². The number of aliphatic hydroxyl groups excluding tert-OH is 1. The maximum atomic E-state index is 11.3. The number of aryl methyl sites for hydroxylation is 1. The Morgan fingerprint density at radius 1 is 1.31 bits per heavy atom. The van der Waals surface area contributed by atoms with E-state index in [1.165, 1.54) is 0 Å². The first-order valence-corrected chi connectivity index (χ1v) is 8.90. The van der Waals surface area contributed by atoms with E-state index in [4.69, 9.17) is 10.7 Å². The van der Waals surface area contributed by atoms with Gasteiger partial charge in [0.15, 0.2) is 11.6 Å². The summed E-state index contributed by atoms with van der Waals surface area (Å²) in [5.41, 5.74) is 7.78. The molecule has 4 rings (SSSR count). The molecule has 8 nitrogen and oxygen atoms in total. The number of imidazole rings is 1. The first kappa shape index (κ1) is 16.7. The van der Waals surface area contributed by atoms with Crippen LogP contribution in [0.4, 0.5) is 0 Å². The molecule has 1 fully saturated rings. The summed E-state index contributed by atoms with van der Waals surface area (Å²) >= 11 is 0. The molecular weight excluding hydrogens is 332 g/mol. The lowest BCUT2D eigenvalue weighted by Crippen LogP contribution is -2.29. The molecule has 1 aliphatic rings. The molecule has 0 aromatic carbocycles. The monoisotopic (exact) mass is 354 g/mol. The van der Waals surface area contributed by atoms with Gasteiger partial charge < -0.3 is 15.2 Å². The highest BCUT2D eigenvalue weighted by Gasteiger charge is 2.30. The lowest BCUT2D eigenvalue weighted by molar-refractivity contribution is -0.117. The summed E-state index contributed by atoms with van der Waals surface area (Å²) in [6.45, 7) is 1.97. The number of hydrogen-bond donors (Lipinski definition) is 2. The highest BCUT2D eigenvalue weighted by molar-refractivity contribution is 5.75. The molecule has 0 radical (unpaired) electrons. The Labute approximate surface area is 150 Å². The van der Waals surface area contributed by atoms with E-state index < -0.39 is 12.0 Å². The number of amides is 1. The fourth-order valence-electron chi connectivity index (χ4n) is 3.70. The Balaban J connectivity index is 1.86. The fraction of sp³-hybridized carbons (Fsp3) is 0.444. The minimum Gasteiger partial charge on any atom is -0.391 e. The van der Waals surface area contributed by atoms with Crippen molar-refractivity contribution in [3.05, 3.63) is 35.9 Å². The smallest absolute Gasteiger partial charge is 0.225 e. The molecule has 0 spiro atoms. The van der Waals surface area contributed by atoms with Crippen molar-refractivity contribution in [2.75, 3.05) is 0 Å². The van der Waals surface area contributed by atoms with Gasteiger partial charge in [-0.15, -0.1) is 0 Å². The van der Waals surface area contributed by atoms with Crippen LogP contribution in [0.15, 0.2) is 24.4 Å². The van der Waals surface area contributed by atoms with Crippen LogP contribution in [0, 0.1) is 6.92 Å². The molecule has 8 heteroatoms. The van der Waals surface area contributed by atoms with Gasteiger partial charge in [-0.25, -0.2) is 14.6 Å². The van der Waals surface area contributed by atoms with Crippen LogP contribution in [0.25, 0.3) is 17.2 Å². The third kappa shape index (κ3) is 2.86. The molecule has 3 N–H and O–H groups in total. The molecule has 3 aromatic heterocycles. The predicted molar refractivity (Wildman–Crippen MR) is 95.4 cm³/mol. The minimum atomic E-state index is -0.483. The summed E-state index contributed by atoms with van der Waals surface area (Å²) in [4.78, 5) is 20.6. The molecule has 136 valence electrons. The number of primary amides is 1. The normalized spacial score (nSPS) is 20.5. The Hall–Kier alpha value is -2.74. The number of rotatable bonds is 4. The van der Waals surface area contributed by atoms with Gasteiger partial charge in [-0.05, 0) is 31.9 Å². The first-order valence-electron chi connectivity index (χ1n) is 8.90. The van der Waals surface area contributed by atoms with Gasteiger partial charge >= 0.3 is 0 Å². The predicted octanol–water partition coefficient (Wildman–Crippen LogP) is 1.41. The van der Waals surface area contributed by atoms with Crippen LogP contribution in [-0.4, -0.2) is 41.3 Å². The van der Waals surface area contributed by atoms with E-state index in [1.54, 1.807) is 4.68 Å². The fourth-order valence-corrected chi connectivity index (χ4v) is 3.70. The van der Waals surface area contributed by atoms with Gasteiger partial charge in [-0.1, -0.05) is 18.9 Å². The Morgan fingerprint density at radius 2 is 2.12 bits per heavy atom. The average molecular weight is 354 g/mol. The van der Waals surface area contributed by atoms with Crippen molar-refractivity contribution >= 4 is 11.6 Å². The quantitative estimate of drug-likeness (QED) is 0.736. The summed E-state index contributed by atoms with van der Waals surface area (Å²) in [7, 11) is 0. The van der Waals surface area contributed by atoms with Crippen molar-refractivity contribution in [2.45, 2.75) is 51.2 Å². The van der Waals surface area contributed by atoms with Gasteiger partial charge in [0, 0.05) is 6.20 Å². The van der Waals surface area contributed by atoms with Crippen molar-refractivity contribution in [1.82, 2.24) is 24.1 Å². The van der Waals surface area contributed by atoms with E-state index in [9.17, 15) is 9.90 Å². The van der Waals surface area contributed by atoms with E-state index in [2.05, 4.69) is 10.1 Å². The van der Waals surface area contributed by atoms with E-state index in [-0.39, 0.29) is 12.5 Å². The van der Waals surface area contributed by atoms with E-state index in [0.29, 0.717) is 17.3 Å². The second-order valence-corrected chi connectivity index (χ2v) is 6.83. The molecule has 1 aliphatic carbocycles. The Kier molecular flexibility index (Phi) is 4.20. The van der Waals surface area contributed by atoms with Gasteiger partial charge in [-0.2, -0.15) is 5.10 Å². The number of carbonyl (C=O) groups is 1. The number of carbonyl (C=O) groups excluding carboxylic acids is 1. The molecule has 0 unspecified atom stereocenters. The van der Waals surface area contributed by atoms with E-state index >= 15 is 0 Å². The molecule has 0 bridgehead atoms. The molecule has 26 heavy (non-hydrogen) atoms. The largest absolute Gasteiger partial charge is 0.391 e. The lowest BCUT2D eigenvalue weighted by atomic mass is 9.92. The highest BCUT2D eigenvalue weighted by atomic mass is 16.3. The topological polar surface area (TPSA) is 111 Å². The number of pyridine rings is 1. The van der Waals surface area contributed by atoms with Crippen LogP contribution in [0.3, 0.4) is 0 Å². The average Bonchev–Trinajstić information content (AvgIpc) is 3.16. The standard InChI is InChI=1S/C18H22N6O2/c1-11-17(21-16-8-4-5-9-23(11)16)18-20-15(10-14(19)26)22-24(18)12-6-2-3-7-13(12)25/h4-5,8-9,12-13,25H,2-3,6-7,10H2,1H3,(H2,19,26)/t12-,13-/m1/s1. The number of aromatic nitrogens is 5. The summed E-state index contributed by atoms with van der Waals surface area (Å²) in [5.74, 6) is 0.458. The number of aliphatic hydroxyl groups is 1. The number of nitrogens with zero attached hydrogens (tertiary/aromatic N) is 5. The molecule has 3 aromatic rings.